The number of hydrogen-bond donors (Lipinski definition) is 1. The predicted octanol–water partition coefficient (Wildman–Crippen LogP) is 4.03. The highest BCUT2D eigenvalue weighted by atomic mass is 32.1. The number of thiol groups is 1. The van der Waals surface area contributed by atoms with Crippen LogP contribution in [0.1, 0.15) is 30.9 Å². The van der Waals surface area contributed by atoms with Gasteiger partial charge in [0.25, 0.3) is 0 Å². The van der Waals surface area contributed by atoms with Crippen molar-refractivity contribution >= 4 is 12.6 Å². The Kier molecular flexibility index (Phi) is 5.75. The number of hydrogen-bond acceptors (Lipinski definition) is 2. The van der Waals surface area contributed by atoms with E-state index in [2.05, 4.69) is 51.6 Å². The molecule has 0 aliphatic heterocycles. The fourth-order valence-corrected chi connectivity index (χ4v) is 2.09. The van der Waals surface area contributed by atoms with Gasteiger partial charge in [-0.15, -0.1) is 0 Å². The summed E-state index contributed by atoms with van der Waals surface area (Å²) < 4.78 is 5.85. The highest BCUT2D eigenvalue weighted by Gasteiger charge is 2.07. The number of aryl methyl sites for hydroxylation is 2. The van der Waals surface area contributed by atoms with E-state index in [0.29, 0.717) is 5.92 Å². The average Bonchev–Trinajstić information content (AvgIpc) is 2.26. The second kappa shape index (κ2) is 6.85. The van der Waals surface area contributed by atoms with Gasteiger partial charge in [-0.25, -0.2) is 0 Å². The van der Waals surface area contributed by atoms with Crippen LogP contribution in [0, 0.1) is 19.8 Å². The Balaban J connectivity index is 2.53. The Labute approximate surface area is 105 Å². The van der Waals surface area contributed by atoms with Crippen LogP contribution in [-0.4, -0.2) is 12.4 Å². The SMILES string of the molecule is CCCC(CS)COc1ccc(C)cc1C. The van der Waals surface area contributed by atoms with E-state index < -0.39 is 0 Å². The highest BCUT2D eigenvalue weighted by molar-refractivity contribution is 7.80. The lowest BCUT2D eigenvalue weighted by atomic mass is 10.1. The fourth-order valence-electron chi connectivity index (χ4n) is 1.80. The van der Waals surface area contributed by atoms with Crippen molar-refractivity contribution in [1.29, 1.82) is 0 Å². The van der Waals surface area contributed by atoms with Gasteiger partial charge in [0.05, 0.1) is 6.61 Å². The molecular formula is C14H22OS. The Morgan fingerprint density at radius 1 is 1.31 bits per heavy atom. The van der Waals surface area contributed by atoms with Gasteiger partial charge in [0.2, 0.25) is 0 Å². The molecule has 2 heteroatoms. The van der Waals surface area contributed by atoms with E-state index >= 15 is 0 Å². The van der Waals surface area contributed by atoms with E-state index in [-0.39, 0.29) is 0 Å². The van der Waals surface area contributed by atoms with Crippen molar-refractivity contribution in [2.45, 2.75) is 33.6 Å². The molecule has 0 radical (unpaired) electrons. The zero-order valence-electron chi connectivity index (χ0n) is 10.5. The quantitative estimate of drug-likeness (QED) is 0.736. The van der Waals surface area contributed by atoms with Crippen LogP contribution in [0.15, 0.2) is 18.2 Å². The van der Waals surface area contributed by atoms with Crippen LogP contribution in [0.25, 0.3) is 0 Å². The Morgan fingerprint density at radius 3 is 2.62 bits per heavy atom. The zero-order valence-corrected chi connectivity index (χ0v) is 11.4. The number of benzene rings is 1. The molecule has 0 spiro atoms. The van der Waals surface area contributed by atoms with Gasteiger partial charge < -0.3 is 4.74 Å². The van der Waals surface area contributed by atoms with Crippen LogP contribution in [0.4, 0.5) is 0 Å². The largest absolute Gasteiger partial charge is 0.493 e. The standard InChI is InChI=1S/C14H22OS/c1-4-5-13(10-16)9-15-14-7-6-11(2)8-12(14)3/h6-8,13,16H,4-5,9-10H2,1-3H3. The number of ether oxygens (including phenoxy) is 1. The normalized spacial score (nSPS) is 12.5. The van der Waals surface area contributed by atoms with E-state index in [1.807, 2.05) is 0 Å². The summed E-state index contributed by atoms with van der Waals surface area (Å²) in [5, 5.41) is 0. The first-order valence-electron chi connectivity index (χ1n) is 5.98. The molecule has 1 aromatic carbocycles. The van der Waals surface area contributed by atoms with Gasteiger partial charge in [-0.05, 0) is 37.7 Å². The summed E-state index contributed by atoms with van der Waals surface area (Å²) in [6, 6.07) is 6.31. The summed E-state index contributed by atoms with van der Waals surface area (Å²) in [4.78, 5) is 0. The molecule has 0 aliphatic rings. The van der Waals surface area contributed by atoms with Crippen LogP contribution in [-0.2, 0) is 0 Å². The molecule has 1 unspecified atom stereocenters. The molecule has 0 fully saturated rings. The summed E-state index contributed by atoms with van der Waals surface area (Å²) >= 11 is 4.36. The first kappa shape index (κ1) is 13.4. The maximum absolute atomic E-state index is 5.85. The zero-order chi connectivity index (χ0) is 12.0. The minimum absolute atomic E-state index is 0.564. The molecule has 0 aromatic heterocycles. The molecule has 0 bridgehead atoms. The van der Waals surface area contributed by atoms with Crippen molar-refractivity contribution in [2.75, 3.05) is 12.4 Å². The summed E-state index contributed by atoms with van der Waals surface area (Å²) in [6.45, 7) is 7.18. The molecule has 0 saturated heterocycles. The van der Waals surface area contributed by atoms with E-state index in [0.717, 1.165) is 18.1 Å². The summed E-state index contributed by atoms with van der Waals surface area (Å²) in [6.07, 6.45) is 2.38. The maximum Gasteiger partial charge on any atom is 0.122 e. The van der Waals surface area contributed by atoms with Gasteiger partial charge in [0.15, 0.2) is 0 Å². The molecule has 0 aliphatic carbocycles. The summed E-state index contributed by atoms with van der Waals surface area (Å²) in [5.41, 5.74) is 2.50. The molecule has 0 amide bonds. The molecule has 0 saturated carbocycles. The van der Waals surface area contributed by atoms with Crippen LogP contribution >= 0.6 is 12.6 Å². The van der Waals surface area contributed by atoms with Gasteiger partial charge >= 0.3 is 0 Å². The topological polar surface area (TPSA) is 9.23 Å². The lowest BCUT2D eigenvalue weighted by Crippen LogP contribution is -2.13. The van der Waals surface area contributed by atoms with Crippen molar-refractivity contribution in [2.24, 2.45) is 5.92 Å². The Hall–Kier alpha value is -0.630. The van der Waals surface area contributed by atoms with Crippen molar-refractivity contribution in [1.82, 2.24) is 0 Å². The average molecular weight is 238 g/mol. The molecule has 16 heavy (non-hydrogen) atoms. The van der Waals surface area contributed by atoms with Crippen molar-refractivity contribution < 1.29 is 4.74 Å². The van der Waals surface area contributed by atoms with Crippen molar-refractivity contribution in [3.05, 3.63) is 29.3 Å². The minimum Gasteiger partial charge on any atom is -0.493 e. The predicted molar refractivity (Wildman–Crippen MR) is 73.7 cm³/mol. The monoisotopic (exact) mass is 238 g/mol. The van der Waals surface area contributed by atoms with Gasteiger partial charge in [-0.2, -0.15) is 12.6 Å². The molecule has 1 rings (SSSR count). The molecular weight excluding hydrogens is 216 g/mol. The van der Waals surface area contributed by atoms with Crippen LogP contribution in [0.5, 0.6) is 5.75 Å². The fraction of sp³-hybridized carbons (Fsp3) is 0.571. The molecule has 1 nitrogen and oxygen atoms in total. The van der Waals surface area contributed by atoms with Crippen molar-refractivity contribution in [3.8, 4) is 5.75 Å². The van der Waals surface area contributed by atoms with E-state index in [4.69, 9.17) is 4.74 Å². The Morgan fingerprint density at radius 2 is 2.06 bits per heavy atom. The minimum atomic E-state index is 0.564. The van der Waals surface area contributed by atoms with Crippen molar-refractivity contribution in [3.63, 3.8) is 0 Å². The smallest absolute Gasteiger partial charge is 0.122 e. The molecule has 1 aromatic rings. The summed E-state index contributed by atoms with van der Waals surface area (Å²) in [7, 11) is 0. The first-order chi connectivity index (χ1) is 7.67. The lowest BCUT2D eigenvalue weighted by molar-refractivity contribution is 0.253. The van der Waals surface area contributed by atoms with Crippen LogP contribution in [0.2, 0.25) is 0 Å². The molecule has 90 valence electrons. The van der Waals surface area contributed by atoms with E-state index in [1.54, 1.807) is 0 Å². The molecule has 0 heterocycles. The first-order valence-corrected chi connectivity index (χ1v) is 6.61. The lowest BCUT2D eigenvalue weighted by Gasteiger charge is -2.16. The van der Waals surface area contributed by atoms with Gasteiger partial charge in [0.1, 0.15) is 5.75 Å². The van der Waals surface area contributed by atoms with Gasteiger partial charge in [-0.3, -0.25) is 0 Å². The number of rotatable bonds is 6. The Bertz CT molecular complexity index is 323. The molecule has 1 atom stereocenters. The summed E-state index contributed by atoms with van der Waals surface area (Å²) in [5.74, 6) is 2.47. The maximum atomic E-state index is 5.85. The van der Waals surface area contributed by atoms with E-state index in [9.17, 15) is 0 Å². The third-order valence-corrected chi connectivity index (χ3v) is 3.28. The van der Waals surface area contributed by atoms with Gasteiger partial charge in [-0.1, -0.05) is 31.0 Å². The third kappa shape index (κ3) is 4.09. The van der Waals surface area contributed by atoms with Crippen LogP contribution < -0.4 is 4.74 Å². The second-order valence-corrected chi connectivity index (χ2v) is 4.78. The molecule has 0 N–H and O–H groups in total. The third-order valence-electron chi connectivity index (χ3n) is 2.76. The van der Waals surface area contributed by atoms with E-state index in [1.165, 1.54) is 24.0 Å². The van der Waals surface area contributed by atoms with Crippen LogP contribution in [0.3, 0.4) is 0 Å². The highest BCUT2D eigenvalue weighted by Crippen LogP contribution is 2.20. The second-order valence-electron chi connectivity index (χ2n) is 4.42. The van der Waals surface area contributed by atoms with Gasteiger partial charge in [0, 0.05) is 5.92 Å².